The second kappa shape index (κ2) is 16.1. The summed E-state index contributed by atoms with van der Waals surface area (Å²) in [6.45, 7) is 12.0. The zero-order valence-corrected chi connectivity index (χ0v) is 28.1. The second-order valence-electron chi connectivity index (χ2n) is 12.9. The summed E-state index contributed by atoms with van der Waals surface area (Å²) in [6, 6.07) is 7.42. The number of fused-ring (bicyclic) bond motifs is 1. The van der Waals surface area contributed by atoms with Gasteiger partial charge in [0.15, 0.2) is 11.6 Å². The number of hydrogen-bond donors (Lipinski definition) is 3. The molecule has 0 bridgehead atoms. The molecule has 2 unspecified atom stereocenters. The van der Waals surface area contributed by atoms with Crippen molar-refractivity contribution in [2.75, 3.05) is 6.54 Å². The van der Waals surface area contributed by atoms with Crippen molar-refractivity contribution >= 4 is 35.0 Å². The quantitative estimate of drug-likeness (QED) is 0.123. The number of ether oxygens (including phenoxy) is 4. The van der Waals surface area contributed by atoms with Crippen LogP contribution in [0.15, 0.2) is 57.9 Å². The molecular weight excluding hydrogens is 629 g/mol. The van der Waals surface area contributed by atoms with Crippen LogP contribution in [0.25, 0.3) is 11.0 Å². The van der Waals surface area contributed by atoms with E-state index in [0.717, 1.165) is 6.26 Å². The third-order valence-electron chi connectivity index (χ3n) is 6.30. The molecule has 3 rings (SSSR count). The maximum atomic E-state index is 14.0. The standard InChI is InChI=1S/C34H42FN3O10/c1-20(37-32(43)48-34(5,6)7)29(40)38-24(13-10-11-17-36-31(42)47-33(2,3)4)30(41)45-21-15-16-22-26(18-21)44-19-27(28(22)39)46-25-14-9-8-12-23(25)35/h8-9,12,14-16,18-20,24H,10-11,13,17H2,1-7H3,(H,36,42)(H,37,43)(H,38,40). The first-order valence-electron chi connectivity index (χ1n) is 15.4. The van der Waals surface area contributed by atoms with Crippen LogP contribution in [0.1, 0.15) is 67.7 Å². The Kier molecular flexibility index (Phi) is 12.5. The van der Waals surface area contributed by atoms with Crippen LogP contribution in [-0.2, 0) is 19.1 Å². The third kappa shape index (κ3) is 11.9. The van der Waals surface area contributed by atoms with Gasteiger partial charge in [0, 0.05) is 12.6 Å². The predicted molar refractivity (Wildman–Crippen MR) is 173 cm³/mol. The van der Waals surface area contributed by atoms with Crippen LogP contribution in [0.4, 0.5) is 14.0 Å². The van der Waals surface area contributed by atoms with Gasteiger partial charge in [0.2, 0.25) is 17.1 Å². The molecular formula is C34H42FN3O10. The molecule has 3 N–H and O–H groups in total. The van der Waals surface area contributed by atoms with Gasteiger partial charge in [-0.1, -0.05) is 12.1 Å². The molecule has 3 amide bonds. The number of alkyl carbamates (subject to hydrolysis) is 2. The smallest absolute Gasteiger partial charge is 0.408 e. The molecule has 48 heavy (non-hydrogen) atoms. The first kappa shape index (κ1) is 37.3. The minimum Gasteiger partial charge on any atom is -0.460 e. The third-order valence-corrected chi connectivity index (χ3v) is 6.30. The molecule has 0 saturated heterocycles. The van der Waals surface area contributed by atoms with E-state index in [-0.39, 0.29) is 41.2 Å². The number of benzene rings is 2. The Bertz CT molecular complexity index is 1680. The van der Waals surface area contributed by atoms with E-state index in [1.165, 1.54) is 43.3 Å². The van der Waals surface area contributed by atoms with Crippen molar-refractivity contribution in [3.63, 3.8) is 0 Å². The summed E-state index contributed by atoms with van der Waals surface area (Å²) in [6.07, 6.45) is 0.597. The van der Waals surface area contributed by atoms with Gasteiger partial charge in [-0.2, -0.15) is 0 Å². The van der Waals surface area contributed by atoms with E-state index in [4.69, 9.17) is 23.4 Å². The van der Waals surface area contributed by atoms with E-state index in [1.807, 2.05) is 0 Å². The van der Waals surface area contributed by atoms with Crippen molar-refractivity contribution in [1.29, 1.82) is 0 Å². The predicted octanol–water partition coefficient (Wildman–Crippen LogP) is 5.72. The van der Waals surface area contributed by atoms with Gasteiger partial charge in [-0.25, -0.2) is 18.8 Å². The van der Waals surface area contributed by atoms with Crippen LogP contribution in [0, 0.1) is 5.82 Å². The van der Waals surface area contributed by atoms with Gasteiger partial charge in [0.1, 0.15) is 40.9 Å². The number of hydrogen-bond acceptors (Lipinski definition) is 10. The number of halogens is 1. The summed E-state index contributed by atoms with van der Waals surface area (Å²) in [5, 5.41) is 7.75. The largest absolute Gasteiger partial charge is 0.460 e. The van der Waals surface area contributed by atoms with Crippen molar-refractivity contribution < 1.29 is 46.9 Å². The Labute approximate surface area is 277 Å². The number of carbonyl (C=O) groups is 4. The number of carbonyl (C=O) groups excluding carboxylic acids is 4. The van der Waals surface area contributed by atoms with Crippen LogP contribution in [0.5, 0.6) is 17.2 Å². The Hall–Kier alpha value is -5.14. The van der Waals surface area contributed by atoms with Crippen molar-refractivity contribution in [2.45, 2.75) is 91.0 Å². The Morgan fingerprint density at radius 2 is 1.54 bits per heavy atom. The Balaban J connectivity index is 1.71. The molecule has 1 aromatic heterocycles. The Morgan fingerprint density at radius 1 is 0.875 bits per heavy atom. The number of rotatable bonds is 12. The minimum atomic E-state index is -1.15. The van der Waals surface area contributed by atoms with Crippen molar-refractivity contribution in [3.8, 4) is 17.2 Å². The lowest BCUT2D eigenvalue weighted by Crippen LogP contribution is -2.51. The molecule has 2 aromatic carbocycles. The van der Waals surface area contributed by atoms with Gasteiger partial charge in [-0.05, 0) is 92.0 Å². The fraction of sp³-hybridized carbons (Fsp3) is 0.441. The van der Waals surface area contributed by atoms with Crippen molar-refractivity contribution in [1.82, 2.24) is 16.0 Å². The van der Waals surface area contributed by atoms with Crippen LogP contribution in [0.3, 0.4) is 0 Å². The van der Waals surface area contributed by atoms with Gasteiger partial charge in [0.25, 0.3) is 0 Å². The molecule has 3 aromatic rings. The highest BCUT2D eigenvalue weighted by Crippen LogP contribution is 2.26. The second-order valence-corrected chi connectivity index (χ2v) is 12.9. The first-order chi connectivity index (χ1) is 22.4. The normalized spacial score (nSPS) is 12.8. The average Bonchev–Trinajstić information content (AvgIpc) is 2.96. The molecule has 2 atom stereocenters. The van der Waals surface area contributed by atoms with Crippen LogP contribution < -0.4 is 30.9 Å². The highest BCUT2D eigenvalue weighted by atomic mass is 19.1. The van der Waals surface area contributed by atoms with E-state index >= 15 is 0 Å². The van der Waals surface area contributed by atoms with Gasteiger partial charge in [-0.3, -0.25) is 9.59 Å². The SMILES string of the molecule is CC(NC(=O)OC(C)(C)C)C(=O)NC(CCCCNC(=O)OC(C)(C)C)C(=O)Oc1ccc2c(=O)c(Oc3ccccc3F)coc2c1. The topological polar surface area (TPSA) is 172 Å². The molecule has 13 nitrogen and oxygen atoms in total. The maximum absolute atomic E-state index is 14.0. The van der Waals surface area contributed by atoms with E-state index in [1.54, 1.807) is 47.6 Å². The molecule has 0 aliphatic heterocycles. The molecule has 14 heteroatoms. The number of esters is 1. The fourth-order valence-electron chi connectivity index (χ4n) is 4.13. The number of unbranched alkanes of at least 4 members (excludes halogenated alkanes) is 1. The summed E-state index contributed by atoms with van der Waals surface area (Å²) >= 11 is 0. The Morgan fingerprint density at radius 3 is 2.21 bits per heavy atom. The molecule has 0 aliphatic rings. The van der Waals surface area contributed by atoms with Gasteiger partial charge < -0.3 is 39.3 Å². The van der Waals surface area contributed by atoms with Crippen molar-refractivity contribution in [2.24, 2.45) is 0 Å². The molecule has 0 spiro atoms. The first-order valence-corrected chi connectivity index (χ1v) is 15.4. The molecule has 0 aliphatic carbocycles. The molecule has 260 valence electrons. The summed E-state index contributed by atoms with van der Waals surface area (Å²) in [4.78, 5) is 63.4. The zero-order chi connectivity index (χ0) is 35.6. The van der Waals surface area contributed by atoms with Gasteiger partial charge in [-0.15, -0.1) is 0 Å². The molecule has 0 fully saturated rings. The summed E-state index contributed by atoms with van der Waals surface area (Å²) < 4.78 is 40.9. The zero-order valence-electron chi connectivity index (χ0n) is 28.1. The lowest BCUT2D eigenvalue weighted by molar-refractivity contribution is -0.139. The van der Waals surface area contributed by atoms with E-state index in [0.29, 0.717) is 12.8 Å². The van der Waals surface area contributed by atoms with E-state index < -0.39 is 58.6 Å². The fourth-order valence-corrected chi connectivity index (χ4v) is 4.13. The van der Waals surface area contributed by atoms with Crippen LogP contribution in [0.2, 0.25) is 0 Å². The molecule has 0 radical (unpaired) electrons. The summed E-state index contributed by atoms with van der Waals surface area (Å²) in [5.41, 5.74) is -1.95. The highest BCUT2D eigenvalue weighted by molar-refractivity contribution is 5.90. The average molecular weight is 672 g/mol. The lowest BCUT2D eigenvalue weighted by Gasteiger charge is -2.23. The van der Waals surface area contributed by atoms with Gasteiger partial charge in [0.05, 0.1) is 5.39 Å². The van der Waals surface area contributed by atoms with Gasteiger partial charge >= 0.3 is 18.2 Å². The van der Waals surface area contributed by atoms with E-state index in [9.17, 15) is 28.4 Å². The van der Waals surface area contributed by atoms with Crippen LogP contribution >= 0.6 is 0 Å². The lowest BCUT2D eigenvalue weighted by atomic mass is 10.1. The molecule has 1 heterocycles. The maximum Gasteiger partial charge on any atom is 0.408 e. The minimum absolute atomic E-state index is 0.0178. The highest BCUT2D eigenvalue weighted by Gasteiger charge is 2.27. The number of para-hydroxylation sites is 1. The van der Waals surface area contributed by atoms with Crippen LogP contribution in [-0.4, -0.2) is 53.9 Å². The number of nitrogens with one attached hydrogen (secondary N) is 3. The molecule has 0 saturated carbocycles. The summed E-state index contributed by atoms with van der Waals surface area (Å²) in [7, 11) is 0. The van der Waals surface area contributed by atoms with E-state index in [2.05, 4.69) is 16.0 Å². The van der Waals surface area contributed by atoms with Crippen molar-refractivity contribution in [3.05, 3.63) is 64.8 Å². The number of amides is 3. The monoisotopic (exact) mass is 671 g/mol. The summed E-state index contributed by atoms with van der Waals surface area (Å²) in [5.74, 6) is -2.52.